The third-order valence-corrected chi connectivity index (χ3v) is 3.87. The maximum atomic E-state index is 12.3. The molecule has 0 bridgehead atoms. The van der Waals surface area contributed by atoms with Gasteiger partial charge in [0, 0.05) is 27.0 Å². The van der Waals surface area contributed by atoms with Crippen molar-refractivity contribution in [3.63, 3.8) is 0 Å². The van der Waals surface area contributed by atoms with Gasteiger partial charge in [-0.2, -0.15) is 0 Å². The predicted octanol–water partition coefficient (Wildman–Crippen LogP) is 5.19. The molecule has 0 radical (unpaired) electrons. The second kappa shape index (κ2) is 6.61. The van der Waals surface area contributed by atoms with Gasteiger partial charge in [0.05, 0.1) is 12.1 Å². The number of carbonyl (C=O) groups excluding carboxylic acids is 1. The molecule has 0 aliphatic rings. The van der Waals surface area contributed by atoms with Gasteiger partial charge >= 0.3 is 0 Å². The highest BCUT2D eigenvalue weighted by atomic mass is 79.9. The Balaban J connectivity index is 2.30. The summed E-state index contributed by atoms with van der Waals surface area (Å²) in [5, 5.41) is 0.987. The van der Waals surface area contributed by atoms with Crippen molar-refractivity contribution in [2.45, 2.75) is 6.42 Å². The van der Waals surface area contributed by atoms with Crippen molar-refractivity contribution in [3.05, 3.63) is 62.0 Å². The minimum atomic E-state index is -0.0805. The van der Waals surface area contributed by atoms with Gasteiger partial charge in [-0.1, -0.05) is 39.1 Å². The molecule has 0 amide bonds. The molecule has 0 saturated heterocycles. The summed E-state index contributed by atoms with van der Waals surface area (Å²) in [6, 6.07) is 10.4. The standard InChI is InChI=1S/C15H11BrCl2O2/c1-20-15-5-3-11(17)6-9(15)7-14(19)12-4-2-10(16)8-13(12)18/h2-6,8H,7H2,1H3. The number of hydrogen-bond acceptors (Lipinski definition) is 2. The largest absolute Gasteiger partial charge is 0.496 e. The molecule has 0 saturated carbocycles. The van der Waals surface area contributed by atoms with Crippen LogP contribution < -0.4 is 4.74 Å². The lowest BCUT2D eigenvalue weighted by molar-refractivity contribution is 0.0992. The molecule has 0 aromatic heterocycles. The summed E-state index contributed by atoms with van der Waals surface area (Å²) in [4.78, 5) is 12.3. The Morgan fingerprint density at radius 3 is 2.60 bits per heavy atom. The van der Waals surface area contributed by atoms with Gasteiger partial charge in [0.2, 0.25) is 0 Å². The number of carbonyl (C=O) groups is 1. The van der Waals surface area contributed by atoms with Crippen LogP contribution in [0.5, 0.6) is 5.75 Å². The van der Waals surface area contributed by atoms with Gasteiger partial charge < -0.3 is 4.74 Å². The zero-order valence-corrected chi connectivity index (χ0v) is 13.7. The van der Waals surface area contributed by atoms with Crippen molar-refractivity contribution in [1.82, 2.24) is 0 Å². The van der Waals surface area contributed by atoms with E-state index >= 15 is 0 Å². The van der Waals surface area contributed by atoms with E-state index in [4.69, 9.17) is 27.9 Å². The first kappa shape index (κ1) is 15.4. The fourth-order valence-corrected chi connectivity index (χ4v) is 2.84. The normalized spacial score (nSPS) is 10.4. The van der Waals surface area contributed by atoms with E-state index in [-0.39, 0.29) is 12.2 Å². The van der Waals surface area contributed by atoms with E-state index in [9.17, 15) is 4.79 Å². The number of methoxy groups -OCH3 is 1. The maximum Gasteiger partial charge on any atom is 0.168 e. The lowest BCUT2D eigenvalue weighted by Gasteiger charge is -2.09. The number of Topliss-reactive ketones (excluding diaryl/α,β-unsaturated/α-hetero) is 1. The maximum absolute atomic E-state index is 12.3. The van der Waals surface area contributed by atoms with Crippen LogP contribution in [0.4, 0.5) is 0 Å². The summed E-state index contributed by atoms with van der Waals surface area (Å²) in [6.45, 7) is 0. The summed E-state index contributed by atoms with van der Waals surface area (Å²) in [7, 11) is 1.56. The zero-order valence-electron chi connectivity index (χ0n) is 10.6. The molecule has 2 nitrogen and oxygen atoms in total. The van der Waals surface area contributed by atoms with Crippen molar-refractivity contribution >= 4 is 44.9 Å². The smallest absolute Gasteiger partial charge is 0.168 e. The molecule has 5 heteroatoms. The highest BCUT2D eigenvalue weighted by molar-refractivity contribution is 9.10. The van der Waals surface area contributed by atoms with Crippen LogP contribution >= 0.6 is 39.1 Å². The summed E-state index contributed by atoms with van der Waals surface area (Å²) in [5.41, 5.74) is 1.22. The molecule has 104 valence electrons. The van der Waals surface area contributed by atoms with Crippen LogP contribution in [0.2, 0.25) is 10.0 Å². The number of ether oxygens (including phenoxy) is 1. The highest BCUT2D eigenvalue weighted by Gasteiger charge is 2.14. The quantitative estimate of drug-likeness (QED) is 0.689. The van der Waals surface area contributed by atoms with Gasteiger partial charge in [-0.25, -0.2) is 0 Å². The van der Waals surface area contributed by atoms with E-state index in [1.807, 2.05) is 0 Å². The second-order valence-electron chi connectivity index (χ2n) is 4.18. The SMILES string of the molecule is COc1ccc(Cl)cc1CC(=O)c1ccc(Br)cc1Cl. The molecular formula is C15H11BrCl2O2. The number of benzene rings is 2. The molecule has 2 aromatic carbocycles. The fourth-order valence-electron chi connectivity index (χ4n) is 1.87. The summed E-state index contributed by atoms with van der Waals surface area (Å²) >= 11 is 15.4. The van der Waals surface area contributed by atoms with Crippen molar-refractivity contribution in [1.29, 1.82) is 0 Å². The molecule has 0 N–H and O–H groups in total. The van der Waals surface area contributed by atoms with Crippen LogP contribution in [-0.2, 0) is 6.42 Å². The predicted molar refractivity (Wildman–Crippen MR) is 85.2 cm³/mol. The first-order valence-corrected chi connectivity index (χ1v) is 7.37. The van der Waals surface area contributed by atoms with Gasteiger partial charge in [-0.3, -0.25) is 4.79 Å². The van der Waals surface area contributed by atoms with E-state index in [0.717, 1.165) is 10.0 Å². The van der Waals surface area contributed by atoms with Crippen molar-refractivity contribution in [2.75, 3.05) is 7.11 Å². The van der Waals surface area contributed by atoms with Crippen LogP contribution in [0.15, 0.2) is 40.9 Å². The third kappa shape index (κ3) is 3.54. The van der Waals surface area contributed by atoms with Crippen molar-refractivity contribution < 1.29 is 9.53 Å². The first-order chi connectivity index (χ1) is 9.51. The first-order valence-electron chi connectivity index (χ1n) is 5.82. The molecule has 20 heavy (non-hydrogen) atoms. The van der Waals surface area contributed by atoms with E-state index < -0.39 is 0 Å². The van der Waals surface area contributed by atoms with Gasteiger partial charge in [-0.05, 0) is 36.4 Å². The molecule has 0 atom stereocenters. The molecule has 0 heterocycles. The van der Waals surface area contributed by atoms with E-state index in [1.165, 1.54) is 0 Å². The Kier molecular flexibility index (Phi) is 5.08. The molecule has 2 aromatic rings. The van der Waals surface area contributed by atoms with Gasteiger partial charge in [-0.15, -0.1) is 0 Å². The average molecular weight is 374 g/mol. The third-order valence-electron chi connectivity index (χ3n) is 2.82. The van der Waals surface area contributed by atoms with E-state index in [0.29, 0.717) is 21.4 Å². The molecule has 0 aliphatic heterocycles. The van der Waals surface area contributed by atoms with Crippen LogP contribution in [-0.4, -0.2) is 12.9 Å². The molecule has 0 unspecified atom stereocenters. The van der Waals surface area contributed by atoms with Crippen molar-refractivity contribution in [2.24, 2.45) is 0 Å². The summed E-state index contributed by atoms with van der Waals surface area (Å²) < 4.78 is 6.07. The minimum Gasteiger partial charge on any atom is -0.496 e. The second-order valence-corrected chi connectivity index (χ2v) is 5.94. The lowest BCUT2D eigenvalue weighted by atomic mass is 10.0. The fraction of sp³-hybridized carbons (Fsp3) is 0.133. The monoisotopic (exact) mass is 372 g/mol. The van der Waals surface area contributed by atoms with Crippen LogP contribution in [0.3, 0.4) is 0 Å². The van der Waals surface area contributed by atoms with E-state index in [1.54, 1.807) is 43.5 Å². The Morgan fingerprint density at radius 2 is 1.95 bits per heavy atom. The van der Waals surface area contributed by atoms with Crippen molar-refractivity contribution in [3.8, 4) is 5.75 Å². The lowest BCUT2D eigenvalue weighted by Crippen LogP contribution is -2.05. The highest BCUT2D eigenvalue weighted by Crippen LogP contribution is 2.27. The Hall–Kier alpha value is -1.03. The Labute approximate surface area is 135 Å². The summed E-state index contributed by atoms with van der Waals surface area (Å²) in [6.07, 6.45) is 0.186. The Bertz CT molecular complexity index is 656. The number of hydrogen-bond donors (Lipinski definition) is 0. The zero-order chi connectivity index (χ0) is 14.7. The number of rotatable bonds is 4. The Morgan fingerprint density at radius 1 is 1.20 bits per heavy atom. The van der Waals surface area contributed by atoms with Crippen LogP contribution in [0.25, 0.3) is 0 Å². The molecule has 0 fully saturated rings. The number of ketones is 1. The van der Waals surface area contributed by atoms with Crippen LogP contribution in [0.1, 0.15) is 15.9 Å². The number of halogens is 3. The molecular weight excluding hydrogens is 363 g/mol. The average Bonchev–Trinajstić information content (AvgIpc) is 2.38. The molecule has 2 rings (SSSR count). The molecule has 0 aliphatic carbocycles. The summed E-state index contributed by atoms with van der Waals surface area (Å²) in [5.74, 6) is 0.555. The topological polar surface area (TPSA) is 26.3 Å². The van der Waals surface area contributed by atoms with E-state index in [2.05, 4.69) is 15.9 Å². The van der Waals surface area contributed by atoms with Gasteiger partial charge in [0.25, 0.3) is 0 Å². The van der Waals surface area contributed by atoms with Crippen LogP contribution in [0, 0.1) is 0 Å². The molecule has 0 spiro atoms. The van der Waals surface area contributed by atoms with Gasteiger partial charge in [0.15, 0.2) is 5.78 Å². The minimum absolute atomic E-state index is 0.0805. The van der Waals surface area contributed by atoms with Gasteiger partial charge in [0.1, 0.15) is 5.75 Å².